The van der Waals surface area contributed by atoms with E-state index in [0.29, 0.717) is 0 Å². The van der Waals surface area contributed by atoms with Crippen LogP contribution in [0.1, 0.15) is 24.8 Å². The van der Waals surface area contributed by atoms with E-state index in [9.17, 15) is 4.79 Å². The first kappa shape index (κ1) is 13.0. The number of hydrogen-bond donors (Lipinski definition) is 0. The van der Waals surface area contributed by atoms with Gasteiger partial charge in [0.15, 0.2) is 0 Å². The minimum absolute atomic E-state index is 0.133. The molecular weight excluding hydrogens is 228 g/mol. The molecular formula is C15H18O3. The van der Waals surface area contributed by atoms with Crippen LogP contribution >= 0.6 is 0 Å². The van der Waals surface area contributed by atoms with Gasteiger partial charge in [0.1, 0.15) is 13.1 Å². The molecule has 0 fully saturated rings. The van der Waals surface area contributed by atoms with Crippen LogP contribution in [0.4, 0.5) is 0 Å². The predicted molar refractivity (Wildman–Crippen MR) is 70.0 cm³/mol. The molecule has 18 heavy (non-hydrogen) atoms. The predicted octanol–water partition coefficient (Wildman–Crippen LogP) is 2.81. The van der Waals surface area contributed by atoms with E-state index in [2.05, 4.69) is 0 Å². The van der Waals surface area contributed by atoms with Gasteiger partial charge in [0, 0.05) is 12.7 Å². The SMILES string of the molecule is COCO[C@@H]1CCCC(c2ccccc2)=C1C=O. The van der Waals surface area contributed by atoms with E-state index in [1.807, 2.05) is 30.3 Å². The molecule has 0 aliphatic heterocycles. The highest BCUT2D eigenvalue weighted by atomic mass is 16.7. The standard InChI is InChI=1S/C15H18O3/c1-17-11-18-15-9-5-8-13(14(15)10-16)12-6-3-2-4-7-12/h2-4,6-7,10,15H,5,8-9,11H2,1H3/t15-/m1/s1. The first-order valence-electron chi connectivity index (χ1n) is 6.21. The second kappa shape index (κ2) is 6.47. The smallest absolute Gasteiger partial charge is 0.148 e. The number of allylic oxidation sites excluding steroid dienone is 1. The van der Waals surface area contributed by atoms with Crippen LogP contribution in [0.2, 0.25) is 0 Å². The number of hydrogen-bond acceptors (Lipinski definition) is 3. The molecule has 2 rings (SSSR count). The van der Waals surface area contributed by atoms with Gasteiger partial charge in [-0.2, -0.15) is 0 Å². The Morgan fingerprint density at radius 2 is 2.11 bits per heavy atom. The number of rotatable bonds is 5. The van der Waals surface area contributed by atoms with Crippen molar-refractivity contribution in [1.29, 1.82) is 0 Å². The van der Waals surface area contributed by atoms with Crippen LogP contribution in [-0.2, 0) is 14.3 Å². The maximum atomic E-state index is 11.3. The lowest BCUT2D eigenvalue weighted by Crippen LogP contribution is -2.23. The third-order valence-corrected chi connectivity index (χ3v) is 3.22. The van der Waals surface area contributed by atoms with Crippen molar-refractivity contribution in [2.75, 3.05) is 13.9 Å². The summed E-state index contributed by atoms with van der Waals surface area (Å²) in [6.45, 7) is 0.226. The van der Waals surface area contributed by atoms with Crippen molar-refractivity contribution < 1.29 is 14.3 Å². The van der Waals surface area contributed by atoms with Crippen molar-refractivity contribution in [2.24, 2.45) is 0 Å². The maximum Gasteiger partial charge on any atom is 0.148 e. The van der Waals surface area contributed by atoms with Gasteiger partial charge in [0.2, 0.25) is 0 Å². The van der Waals surface area contributed by atoms with Crippen molar-refractivity contribution in [2.45, 2.75) is 25.4 Å². The van der Waals surface area contributed by atoms with Crippen molar-refractivity contribution in [1.82, 2.24) is 0 Å². The summed E-state index contributed by atoms with van der Waals surface area (Å²) in [5.74, 6) is 0. The number of carbonyl (C=O) groups is 1. The minimum atomic E-state index is -0.133. The fraction of sp³-hybridized carbons (Fsp3) is 0.400. The van der Waals surface area contributed by atoms with Gasteiger partial charge in [0.25, 0.3) is 0 Å². The molecule has 0 unspecified atom stereocenters. The molecule has 1 aromatic carbocycles. The molecule has 1 aliphatic rings. The summed E-state index contributed by atoms with van der Waals surface area (Å²) >= 11 is 0. The molecule has 0 aromatic heterocycles. The van der Waals surface area contributed by atoms with Crippen molar-refractivity contribution in [3.8, 4) is 0 Å². The molecule has 0 saturated heterocycles. The van der Waals surface area contributed by atoms with Gasteiger partial charge < -0.3 is 9.47 Å². The monoisotopic (exact) mass is 246 g/mol. The Hall–Kier alpha value is -1.45. The minimum Gasteiger partial charge on any atom is -0.359 e. The molecule has 1 atom stereocenters. The summed E-state index contributed by atoms with van der Waals surface area (Å²) in [5.41, 5.74) is 2.99. The quantitative estimate of drug-likeness (QED) is 0.592. The second-order valence-electron chi connectivity index (χ2n) is 4.37. The molecule has 1 aromatic rings. The van der Waals surface area contributed by atoms with E-state index in [1.165, 1.54) is 0 Å². The number of carbonyl (C=O) groups excluding carboxylic acids is 1. The third-order valence-electron chi connectivity index (χ3n) is 3.22. The fourth-order valence-electron chi connectivity index (χ4n) is 2.38. The molecule has 0 N–H and O–H groups in total. The summed E-state index contributed by atoms with van der Waals surface area (Å²) in [4.78, 5) is 11.3. The number of benzene rings is 1. The summed E-state index contributed by atoms with van der Waals surface area (Å²) < 4.78 is 10.5. The molecule has 0 bridgehead atoms. The van der Waals surface area contributed by atoms with E-state index in [1.54, 1.807) is 7.11 Å². The maximum absolute atomic E-state index is 11.3. The van der Waals surface area contributed by atoms with Gasteiger partial charge in [0.05, 0.1) is 6.10 Å². The summed E-state index contributed by atoms with van der Waals surface area (Å²) in [7, 11) is 1.59. The highest BCUT2D eigenvalue weighted by Crippen LogP contribution is 2.32. The average Bonchev–Trinajstić information content (AvgIpc) is 2.45. The Bertz CT molecular complexity index is 423. The molecule has 0 amide bonds. The van der Waals surface area contributed by atoms with Gasteiger partial charge in [-0.1, -0.05) is 30.3 Å². The molecule has 0 heterocycles. The van der Waals surface area contributed by atoms with Crippen LogP contribution in [0.3, 0.4) is 0 Å². The summed E-state index contributed by atoms with van der Waals surface area (Å²) in [5, 5.41) is 0. The zero-order valence-corrected chi connectivity index (χ0v) is 10.6. The van der Waals surface area contributed by atoms with Crippen molar-refractivity contribution >= 4 is 11.9 Å². The Morgan fingerprint density at radius 1 is 1.33 bits per heavy atom. The third kappa shape index (κ3) is 2.86. The summed E-state index contributed by atoms with van der Waals surface area (Å²) in [6.07, 6.45) is 3.66. The molecule has 3 heteroatoms. The lowest BCUT2D eigenvalue weighted by Gasteiger charge is -2.25. The van der Waals surface area contributed by atoms with Gasteiger partial charge in [-0.05, 0) is 30.4 Å². The lowest BCUT2D eigenvalue weighted by molar-refractivity contribution is -0.108. The molecule has 1 aliphatic carbocycles. The Morgan fingerprint density at radius 3 is 2.78 bits per heavy atom. The second-order valence-corrected chi connectivity index (χ2v) is 4.37. The van der Waals surface area contributed by atoms with Crippen LogP contribution in [0, 0.1) is 0 Å². The van der Waals surface area contributed by atoms with Crippen molar-refractivity contribution in [3.63, 3.8) is 0 Å². The molecule has 0 saturated carbocycles. The molecule has 96 valence electrons. The highest BCUT2D eigenvalue weighted by Gasteiger charge is 2.24. The molecule has 3 nitrogen and oxygen atoms in total. The highest BCUT2D eigenvalue weighted by molar-refractivity contribution is 5.90. The van der Waals surface area contributed by atoms with E-state index in [-0.39, 0.29) is 12.9 Å². The number of ether oxygens (including phenoxy) is 2. The van der Waals surface area contributed by atoms with E-state index in [4.69, 9.17) is 9.47 Å². The van der Waals surface area contributed by atoms with Crippen LogP contribution in [0.25, 0.3) is 5.57 Å². The average molecular weight is 246 g/mol. The topological polar surface area (TPSA) is 35.5 Å². The van der Waals surface area contributed by atoms with Gasteiger partial charge in [-0.3, -0.25) is 4.79 Å². The van der Waals surface area contributed by atoms with E-state index >= 15 is 0 Å². The zero-order chi connectivity index (χ0) is 12.8. The van der Waals surface area contributed by atoms with Crippen LogP contribution in [0.5, 0.6) is 0 Å². The van der Waals surface area contributed by atoms with Gasteiger partial charge in [-0.15, -0.1) is 0 Å². The molecule has 0 spiro atoms. The number of methoxy groups -OCH3 is 1. The first-order chi connectivity index (χ1) is 8.86. The zero-order valence-electron chi connectivity index (χ0n) is 10.6. The summed E-state index contributed by atoms with van der Waals surface area (Å²) in [6, 6.07) is 10.0. The van der Waals surface area contributed by atoms with E-state index in [0.717, 1.165) is 42.3 Å². The van der Waals surface area contributed by atoms with Crippen LogP contribution < -0.4 is 0 Å². The Labute approximate surface area is 107 Å². The normalized spacial score (nSPS) is 19.9. The Balaban J connectivity index is 2.29. The Kier molecular flexibility index (Phi) is 4.67. The lowest BCUT2D eigenvalue weighted by atomic mass is 9.86. The molecule has 0 radical (unpaired) electrons. The van der Waals surface area contributed by atoms with Crippen molar-refractivity contribution in [3.05, 3.63) is 41.5 Å². The van der Waals surface area contributed by atoms with E-state index < -0.39 is 0 Å². The van der Waals surface area contributed by atoms with Crippen LogP contribution in [-0.4, -0.2) is 26.3 Å². The first-order valence-corrected chi connectivity index (χ1v) is 6.21. The largest absolute Gasteiger partial charge is 0.359 e. The van der Waals surface area contributed by atoms with Gasteiger partial charge >= 0.3 is 0 Å². The number of aldehydes is 1. The van der Waals surface area contributed by atoms with Crippen LogP contribution in [0.15, 0.2) is 35.9 Å². The van der Waals surface area contributed by atoms with Gasteiger partial charge in [-0.25, -0.2) is 0 Å². The fourth-order valence-corrected chi connectivity index (χ4v) is 2.38.